The molecule has 5 heteroatoms. The summed E-state index contributed by atoms with van der Waals surface area (Å²) in [5, 5.41) is 8.99. The van der Waals surface area contributed by atoms with Crippen LogP contribution in [0.15, 0.2) is 23.9 Å². The van der Waals surface area contributed by atoms with Gasteiger partial charge in [0.2, 0.25) is 0 Å². The summed E-state index contributed by atoms with van der Waals surface area (Å²) in [4.78, 5) is 4.46. The summed E-state index contributed by atoms with van der Waals surface area (Å²) in [6.07, 6.45) is 10.0. The van der Waals surface area contributed by atoms with Gasteiger partial charge in [0.25, 0.3) is 0 Å². The van der Waals surface area contributed by atoms with E-state index >= 15 is 0 Å². The van der Waals surface area contributed by atoms with Gasteiger partial charge in [-0.2, -0.15) is 5.70 Å². The van der Waals surface area contributed by atoms with Crippen LogP contribution in [0, 0.1) is 0 Å². The average molecular weight is 471 g/mol. The van der Waals surface area contributed by atoms with Crippen molar-refractivity contribution in [1.29, 1.82) is 0 Å². The molecule has 2 heterocycles. The number of allylic oxidation sites excluding steroid dienone is 2. The van der Waals surface area contributed by atoms with Crippen molar-refractivity contribution in [1.82, 2.24) is 0 Å². The molecule has 0 spiro atoms. The van der Waals surface area contributed by atoms with E-state index in [1.807, 2.05) is 0 Å². The van der Waals surface area contributed by atoms with Crippen molar-refractivity contribution in [2.45, 2.75) is 35.2 Å². The zero-order chi connectivity index (χ0) is 12.7. The van der Waals surface area contributed by atoms with Gasteiger partial charge < -0.3 is 10.6 Å². The van der Waals surface area contributed by atoms with E-state index in [2.05, 4.69) is 64.2 Å². The van der Waals surface area contributed by atoms with Crippen LogP contribution in [0.2, 0.25) is 9.88 Å². The van der Waals surface area contributed by atoms with Crippen molar-refractivity contribution in [2.24, 2.45) is 0 Å². The second-order valence-corrected chi connectivity index (χ2v) is 45.9. The number of hydrogen-bond donors (Lipinski definition) is 0. The van der Waals surface area contributed by atoms with Crippen LogP contribution in [0.5, 0.6) is 0 Å². The van der Waals surface area contributed by atoms with Gasteiger partial charge in [-0.3, -0.25) is 0 Å². The van der Waals surface area contributed by atoms with Gasteiger partial charge >= 0.3 is 49.2 Å². The maximum absolute atomic E-state index is 4.56. The molecule has 0 aromatic rings. The van der Waals surface area contributed by atoms with Crippen molar-refractivity contribution < 1.29 is 0 Å². The second kappa shape index (κ2) is 8.23. The van der Waals surface area contributed by atoms with E-state index in [4.69, 9.17) is 0 Å². The molecule has 2 aliphatic heterocycles. The molecule has 0 amide bonds. The fraction of sp³-hybridized carbons (Fsp3) is 0.667. The number of halogens is 2. The molecule has 2 rings (SSSR count). The fourth-order valence-corrected chi connectivity index (χ4v) is 1.68. The van der Waals surface area contributed by atoms with Gasteiger partial charge in [0.05, 0.1) is 0 Å². The molecule has 2 nitrogen and oxygen atoms in total. The van der Waals surface area contributed by atoms with E-state index in [-0.39, 0.29) is 0 Å². The Bertz CT molecular complexity index is 273. The summed E-state index contributed by atoms with van der Waals surface area (Å²) >= 11 is 5.45. The molecule has 0 bridgehead atoms. The summed E-state index contributed by atoms with van der Waals surface area (Å²) in [7, 11) is 0. The molecule has 0 radical (unpaired) electrons. The standard InChI is InChI=1S/C10H14N2.2CH3.2BrH.Sn/c1-3-7-11-9(5-1)10-6-2-4-8-12-10;;;;;/h1,3,5,10H,2,4,6-8H2;2*1H3;2*1H;/q-2;;;;;+2/p-2. The van der Waals surface area contributed by atoms with Crippen molar-refractivity contribution in [3.63, 3.8) is 0 Å². The summed E-state index contributed by atoms with van der Waals surface area (Å²) in [6, 6.07) is 0.406. The van der Waals surface area contributed by atoms with E-state index in [0.29, 0.717) is 6.04 Å². The van der Waals surface area contributed by atoms with E-state index < -0.39 is 13.9 Å². The number of rotatable bonds is 1. The predicted molar refractivity (Wildman–Crippen MR) is 86.7 cm³/mol. The molecule has 98 valence electrons. The zero-order valence-corrected chi connectivity index (χ0v) is 16.5. The minimum atomic E-state index is -1.55. The van der Waals surface area contributed by atoms with Gasteiger partial charge in [-0.1, -0.05) is 31.4 Å². The molecule has 1 saturated heterocycles. The molecule has 1 fully saturated rings. The molecule has 2 aliphatic rings. The first-order valence-corrected chi connectivity index (χ1v) is 24.6. The van der Waals surface area contributed by atoms with Crippen LogP contribution in [0.1, 0.15) is 19.3 Å². The van der Waals surface area contributed by atoms with Crippen LogP contribution in [0.25, 0.3) is 10.6 Å². The van der Waals surface area contributed by atoms with Crippen LogP contribution in [-0.2, 0) is 0 Å². The van der Waals surface area contributed by atoms with Gasteiger partial charge in [-0.25, -0.2) is 0 Å². The number of nitrogens with zero attached hydrogens (tertiary/aromatic N) is 2. The Morgan fingerprint density at radius 2 is 2.00 bits per heavy atom. The van der Waals surface area contributed by atoms with Crippen molar-refractivity contribution in [2.75, 3.05) is 13.1 Å². The third-order valence-corrected chi connectivity index (χ3v) is 2.36. The summed E-state index contributed by atoms with van der Waals surface area (Å²) in [5.74, 6) is 0. The normalized spacial score (nSPS) is 24.2. The van der Waals surface area contributed by atoms with Gasteiger partial charge in [-0.15, -0.1) is 25.2 Å². The van der Waals surface area contributed by atoms with E-state index in [1.54, 1.807) is 0 Å². The van der Waals surface area contributed by atoms with Gasteiger partial charge in [-0.05, 0) is 0 Å². The Kier molecular flexibility index (Phi) is 7.77. The van der Waals surface area contributed by atoms with Crippen LogP contribution in [-0.4, -0.2) is 33.1 Å². The first-order valence-electron chi connectivity index (χ1n) is 6.05. The predicted octanol–water partition coefficient (Wildman–Crippen LogP) is 5.22. The summed E-state index contributed by atoms with van der Waals surface area (Å²) in [5.41, 5.74) is 1.19. The molecule has 0 aromatic carbocycles. The van der Waals surface area contributed by atoms with Crippen molar-refractivity contribution in [3.05, 3.63) is 34.6 Å². The Morgan fingerprint density at radius 3 is 2.47 bits per heavy atom. The van der Waals surface area contributed by atoms with E-state index in [1.165, 1.54) is 25.0 Å². The number of hydrogen-bond acceptors (Lipinski definition) is 0. The van der Waals surface area contributed by atoms with Crippen LogP contribution in [0.4, 0.5) is 0 Å². The molecule has 0 aromatic heterocycles. The molecule has 0 N–H and O–H groups in total. The summed E-state index contributed by atoms with van der Waals surface area (Å²) in [6.45, 7) is 1.87. The number of piperidine rings is 1. The fourth-order valence-electron chi connectivity index (χ4n) is 1.68. The second-order valence-electron chi connectivity index (χ2n) is 4.61. The first kappa shape index (κ1) is 16.1. The third-order valence-electron chi connectivity index (χ3n) is 2.36. The molecule has 17 heavy (non-hydrogen) atoms. The topological polar surface area (TPSA) is 28.2 Å². The average Bonchev–Trinajstić information content (AvgIpc) is 2.29. The summed E-state index contributed by atoms with van der Waals surface area (Å²) < 4.78 is 0. The monoisotopic (exact) mass is 470 g/mol. The van der Waals surface area contributed by atoms with Gasteiger partial charge in [0, 0.05) is 0 Å². The van der Waals surface area contributed by atoms with E-state index in [0.717, 1.165) is 13.1 Å². The Morgan fingerprint density at radius 1 is 1.29 bits per heavy atom. The van der Waals surface area contributed by atoms with Gasteiger partial charge in [0.15, 0.2) is 0 Å². The quantitative estimate of drug-likeness (QED) is 0.470. The van der Waals surface area contributed by atoms with Crippen molar-refractivity contribution in [3.8, 4) is 0 Å². The first-order chi connectivity index (χ1) is 7.97. The van der Waals surface area contributed by atoms with Crippen LogP contribution in [0.3, 0.4) is 0 Å². The molecule has 1 unspecified atom stereocenters. The maximum atomic E-state index is 4.56. The van der Waals surface area contributed by atoms with Crippen molar-refractivity contribution >= 4 is 39.3 Å². The minimum absolute atomic E-state index is 0.406. The van der Waals surface area contributed by atoms with E-state index in [9.17, 15) is 0 Å². The zero-order valence-electron chi connectivity index (χ0n) is 10.5. The molecular formula is C12H20Br2N2Sn-2. The molecule has 1 atom stereocenters. The Hall–Kier alpha value is 0.999. The Balaban J connectivity index is 0.000000249. The SMILES string of the molecule is C1=CC[N-]C(C2CCCC[N-]2)=C1.[CH3][Sn]([CH3])([Br])[Br]. The molecule has 0 aliphatic carbocycles. The van der Waals surface area contributed by atoms with Crippen LogP contribution < -0.4 is 0 Å². The van der Waals surface area contributed by atoms with Crippen LogP contribution >= 0.6 is 25.4 Å². The third kappa shape index (κ3) is 8.67. The molecular weight excluding hydrogens is 451 g/mol. The molecule has 0 saturated carbocycles. The van der Waals surface area contributed by atoms with Gasteiger partial charge in [0.1, 0.15) is 0 Å². The Labute approximate surface area is 121 Å².